The van der Waals surface area contributed by atoms with Crippen LogP contribution in [0.3, 0.4) is 0 Å². The van der Waals surface area contributed by atoms with Crippen LogP contribution < -0.4 is 5.56 Å². The predicted octanol–water partition coefficient (Wildman–Crippen LogP) is 4.26. The Labute approximate surface area is 122 Å². The molecule has 2 heterocycles. The number of hydrogen-bond donors (Lipinski definition) is 1. The van der Waals surface area contributed by atoms with Crippen LogP contribution in [0.5, 0.6) is 0 Å². The first kappa shape index (κ1) is 13.3. The van der Waals surface area contributed by atoms with E-state index in [4.69, 9.17) is 0 Å². The van der Waals surface area contributed by atoms with Crippen LogP contribution in [0, 0.1) is 0 Å². The summed E-state index contributed by atoms with van der Waals surface area (Å²) in [5.41, 5.74) is 1.66. The SMILES string of the molecule is CC.O=c1[nH]c2cc3ncccc3cc2c2ccccc12. The van der Waals surface area contributed by atoms with Gasteiger partial charge in [0.05, 0.1) is 11.0 Å². The summed E-state index contributed by atoms with van der Waals surface area (Å²) in [6.07, 6.45) is 1.76. The Morgan fingerprint density at radius 3 is 2.48 bits per heavy atom. The van der Waals surface area contributed by atoms with Crippen molar-refractivity contribution in [2.75, 3.05) is 0 Å². The van der Waals surface area contributed by atoms with Crippen LogP contribution in [0.2, 0.25) is 0 Å². The second-order valence-corrected chi connectivity index (χ2v) is 4.59. The molecule has 0 spiro atoms. The molecule has 0 saturated carbocycles. The molecule has 2 aromatic heterocycles. The third-order valence-electron chi connectivity index (χ3n) is 3.45. The van der Waals surface area contributed by atoms with E-state index in [1.807, 2.05) is 56.3 Å². The molecule has 1 N–H and O–H groups in total. The normalized spacial score (nSPS) is 10.6. The lowest BCUT2D eigenvalue weighted by atomic mass is 10.0. The zero-order chi connectivity index (χ0) is 14.8. The number of rotatable bonds is 0. The molecular formula is C18H16N2O. The number of aromatic amines is 1. The fourth-order valence-corrected chi connectivity index (χ4v) is 2.55. The van der Waals surface area contributed by atoms with Gasteiger partial charge in [0, 0.05) is 22.4 Å². The Balaban J connectivity index is 0.000000636. The molecule has 0 aliphatic rings. The first-order valence-electron chi connectivity index (χ1n) is 7.12. The summed E-state index contributed by atoms with van der Waals surface area (Å²) >= 11 is 0. The molecule has 0 saturated heterocycles. The zero-order valence-electron chi connectivity index (χ0n) is 12.1. The van der Waals surface area contributed by atoms with Gasteiger partial charge < -0.3 is 4.98 Å². The van der Waals surface area contributed by atoms with E-state index >= 15 is 0 Å². The standard InChI is InChI=1S/C16H10N2O.C2H6/c19-16-12-6-2-1-5-11(12)13-8-10-4-3-7-17-14(10)9-15(13)18-16;1-2/h1-9H,(H,18,19);1-2H3. The Bertz CT molecular complexity index is 986. The highest BCUT2D eigenvalue weighted by atomic mass is 16.1. The molecule has 0 unspecified atom stereocenters. The van der Waals surface area contributed by atoms with Crippen LogP contribution in [0.1, 0.15) is 13.8 Å². The molecule has 3 nitrogen and oxygen atoms in total. The van der Waals surface area contributed by atoms with Gasteiger partial charge in [-0.05, 0) is 29.7 Å². The summed E-state index contributed by atoms with van der Waals surface area (Å²) in [7, 11) is 0. The number of nitrogens with one attached hydrogen (secondary N) is 1. The summed E-state index contributed by atoms with van der Waals surface area (Å²) in [5, 5.41) is 3.83. The monoisotopic (exact) mass is 276 g/mol. The maximum Gasteiger partial charge on any atom is 0.256 e. The van der Waals surface area contributed by atoms with Gasteiger partial charge in [-0.3, -0.25) is 9.78 Å². The van der Waals surface area contributed by atoms with Gasteiger partial charge >= 0.3 is 0 Å². The quantitative estimate of drug-likeness (QED) is 0.385. The van der Waals surface area contributed by atoms with E-state index in [1.165, 1.54) is 0 Å². The molecule has 0 atom stereocenters. The van der Waals surface area contributed by atoms with E-state index in [9.17, 15) is 4.79 Å². The topological polar surface area (TPSA) is 45.8 Å². The molecule has 3 heteroatoms. The Kier molecular flexibility index (Phi) is 3.40. The van der Waals surface area contributed by atoms with Crippen molar-refractivity contribution in [3.05, 3.63) is 65.1 Å². The van der Waals surface area contributed by atoms with E-state index in [0.717, 1.165) is 32.6 Å². The number of hydrogen-bond acceptors (Lipinski definition) is 2. The van der Waals surface area contributed by atoms with Crippen molar-refractivity contribution in [2.45, 2.75) is 13.8 Å². The summed E-state index contributed by atoms with van der Waals surface area (Å²) < 4.78 is 0. The van der Waals surface area contributed by atoms with Crippen molar-refractivity contribution in [3.8, 4) is 0 Å². The molecule has 0 radical (unpaired) electrons. The van der Waals surface area contributed by atoms with Gasteiger partial charge in [-0.15, -0.1) is 0 Å². The summed E-state index contributed by atoms with van der Waals surface area (Å²) in [6.45, 7) is 4.00. The van der Waals surface area contributed by atoms with Crippen molar-refractivity contribution in [2.24, 2.45) is 0 Å². The molecule has 4 aromatic rings. The number of aromatic nitrogens is 2. The molecule has 4 rings (SSSR count). The van der Waals surface area contributed by atoms with E-state index in [2.05, 4.69) is 16.0 Å². The number of nitrogens with zero attached hydrogens (tertiary/aromatic N) is 1. The van der Waals surface area contributed by atoms with Crippen LogP contribution in [0.15, 0.2) is 59.5 Å². The molecule has 2 aromatic carbocycles. The van der Waals surface area contributed by atoms with Crippen LogP contribution in [-0.4, -0.2) is 9.97 Å². The number of benzene rings is 2. The highest BCUT2D eigenvalue weighted by molar-refractivity contribution is 6.09. The van der Waals surface area contributed by atoms with Crippen molar-refractivity contribution < 1.29 is 0 Å². The smallest absolute Gasteiger partial charge is 0.256 e. The minimum Gasteiger partial charge on any atom is -0.321 e. The number of pyridine rings is 2. The Morgan fingerprint density at radius 2 is 1.67 bits per heavy atom. The molecule has 0 fully saturated rings. The molecule has 21 heavy (non-hydrogen) atoms. The predicted molar refractivity (Wildman–Crippen MR) is 88.7 cm³/mol. The second-order valence-electron chi connectivity index (χ2n) is 4.59. The minimum atomic E-state index is -0.0571. The second kappa shape index (κ2) is 5.37. The molecule has 0 amide bonds. The third kappa shape index (κ3) is 2.17. The van der Waals surface area contributed by atoms with Crippen LogP contribution in [-0.2, 0) is 0 Å². The summed E-state index contributed by atoms with van der Waals surface area (Å²) in [4.78, 5) is 19.3. The lowest BCUT2D eigenvalue weighted by molar-refractivity contribution is 1.34. The van der Waals surface area contributed by atoms with Crippen molar-refractivity contribution in [3.63, 3.8) is 0 Å². The lowest BCUT2D eigenvalue weighted by Crippen LogP contribution is -2.06. The average molecular weight is 276 g/mol. The maximum absolute atomic E-state index is 12.1. The lowest BCUT2D eigenvalue weighted by Gasteiger charge is -2.05. The van der Waals surface area contributed by atoms with Gasteiger partial charge in [0.15, 0.2) is 0 Å². The van der Waals surface area contributed by atoms with E-state index in [-0.39, 0.29) is 5.56 Å². The van der Waals surface area contributed by atoms with Gasteiger partial charge in [0.1, 0.15) is 0 Å². The van der Waals surface area contributed by atoms with Gasteiger partial charge in [0.25, 0.3) is 5.56 Å². The van der Waals surface area contributed by atoms with E-state index < -0.39 is 0 Å². The van der Waals surface area contributed by atoms with Crippen molar-refractivity contribution in [1.29, 1.82) is 0 Å². The number of fused-ring (bicyclic) bond motifs is 4. The molecule has 0 aliphatic carbocycles. The maximum atomic E-state index is 12.1. The Hall–Kier alpha value is -2.68. The first-order chi connectivity index (χ1) is 10.3. The van der Waals surface area contributed by atoms with Crippen LogP contribution >= 0.6 is 0 Å². The van der Waals surface area contributed by atoms with Crippen LogP contribution in [0.25, 0.3) is 32.6 Å². The fraction of sp³-hybridized carbons (Fsp3) is 0.111. The number of H-pyrrole nitrogens is 1. The van der Waals surface area contributed by atoms with Crippen LogP contribution in [0.4, 0.5) is 0 Å². The third-order valence-corrected chi connectivity index (χ3v) is 3.45. The molecule has 0 bridgehead atoms. The van der Waals surface area contributed by atoms with E-state index in [0.29, 0.717) is 0 Å². The Morgan fingerprint density at radius 1 is 0.905 bits per heavy atom. The van der Waals surface area contributed by atoms with Crippen molar-refractivity contribution in [1.82, 2.24) is 9.97 Å². The highest BCUT2D eigenvalue weighted by Crippen LogP contribution is 2.25. The average Bonchev–Trinajstić information content (AvgIpc) is 2.56. The molecule has 104 valence electrons. The summed E-state index contributed by atoms with van der Waals surface area (Å²) in [6, 6.07) is 15.6. The minimum absolute atomic E-state index is 0.0571. The first-order valence-corrected chi connectivity index (χ1v) is 7.12. The van der Waals surface area contributed by atoms with Gasteiger partial charge in [-0.25, -0.2) is 0 Å². The van der Waals surface area contributed by atoms with Gasteiger partial charge in [-0.1, -0.05) is 38.1 Å². The molecular weight excluding hydrogens is 260 g/mol. The summed E-state index contributed by atoms with van der Waals surface area (Å²) in [5.74, 6) is 0. The van der Waals surface area contributed by atoms with Crippen molar-refractivity contribution >= 4 is 32.6 Å². The van der Waals surface area contributed by atoms with Gasteiger partial charge in [0.2, 0.25) is 0 Å². The fourth-order valence-electron chi connectivity index (χ4n) is 2.55. The van der Waals surface area contributed by atoms with E-state index in [1.54, 1.807) is 6.20 Å². The van der Waals surface area contributed by atoms with Gasteiger partial charge in [-0.2, -0.15) is 0 Å². The highest BCUT2D eigenvalue weighted by Gasteiger charge is 2.06. The molecule has 0 aliphatic heterocycles. The largest absolute Gasteiger partial charge is 0.321 e. The zero-order valence-corrected chi connectivity index (χ0v) is 12.1.